The number of carbonyl (C=O) groups is 1. The lowest BCUT2D eigenvalue weighted by molar-refractivity contribution is -0.136. The Hall–Kier alpha value is -2.95. The highest BCUT2D eigenvalue weighted by molar-refractivity contribution is 6.32. The first kappa shape index (κ1) is 17.4. The zero-order valence-corrected chi connectivity index (χ0v) is 13.6. The van der Waals surface area contributed by atoms with Crippen LogP contribution in [0.3, 0.4) is 0 Å². The third-order valence-electron chi connectivity index (χ3n) is 3.06. The molecule has 0 saturated carbocycles. The van der Waals surface area contributed by atoms with Crippen molar-refractivity contribution in [3.8, 4) is 5.75 Å². The number of nitrogens with zero attached hydrogens (tertiary/aromatic N) is 3. The first-order valence-corrected chi connectivity index (χ1v) is 7.33. The number of azide groups is 1. The molecule has 0 radical (unpaired) electrons. The van der Waals surface area contributed by atoms with E-state index in [0.717, 1.165) is 5.56 Å². The van der Waals surface area contributed by atoms with Gasteiger partial charge in [-0.25, -0.2) is 4.79 Å². The third kappa shape index (κ3) is 4.78. The van der Waals surface area contributed by atoms with Crippen LogP contribution in [0.1, 0.15) is 11.1 Å². The van der Waals surface area contributed by atoms with Crippen LogP contribution in [-0.2, 0) is 16.1 Å². The van der Waals surface area contributed by atoms with Crippen LogP contribution in [-0.4, -0.2) is 13.1 Å². The summed E-state index contributed by atoms with van der Waals surface area (Å²) in [6.45, 7) is 0.415. The number of halogens is 1. The Kier molecular flexibility index (Phi) is 6.25. The number of carbonyl (C=O) groups excluding carboxylic acids is 1. The van der Waals surface area contributed by atoms with E-state index in [9.17, 15) is 4.79 Å². The highest BCUT2D eigenvalue weighted by Crippen LogP contribution is 2.25. The topological polar surface area (TPSA) is 84.3 Å². The summed E-state index contributed by atoms with van der Waals surface area (Å²) in [6, 6.07) is 14.7. The minimum Gasteiger partial charge on any atom is -0.489 e. The van der Waals surface area contributed by atoms with Gasteiger partial charge in [-0.15, -0.1) is 0 Å². The van der Waals surface area contributed by atoms with E-state index in [1.54, 1.807) is 18.2 Å². The lowest BCUT2D eigenvalue weighted by Gasteiger charge is -2.08. The van der Waals surface area contributed by atoms with Crippen LogP contribution in [0.25, 0.3) is 16.5 Å². The molecule has 0 aliphatic rings. The number of hydrogen-bond acceptors (Lipinski definition) is 4. The first-order valence-electron chi connectivity index (χ1n) is 6.95. The summed E-state index contributed by atoms with van der Waals surface area (Å²) >= 11 is 6.19. The van der Waals surface area contributed by atoms with Gasteiger partial charge in [0.2, 0.25) is 0 Å². The number of benzene rings is 2. The van der Waals surface area contributed by atoms with E-state index in [-0.39, 0.29) is 5.70 Å². The van der Waals surface area contributed by atoms with Gasteiger partial charge in [0.1, 0.15) is 18.1 Å². The zero-order valence-electron chi connectivity index (χ0n) is 12.8. The number of esters is 1. The Balaban J connectivity index is 2.17. The fourth-order valence-corrected chi connectivity index (χ4v) is 2.11. The second-order valence-electron chi connectivity index (χ2n) is 4.67. The van der Waals surface area contributed by atoms with E-state index < -0.39 is 5.97 Å². The maximum atomic E-state index is 11.5. The SMILES string of the molecule is COC(=O)C(=Cc1ccc(OCc2ccccc2)cc1Cl)N=[N+]=[N-]. The molecule has 0 aliphatic carbocycles. The maximum Gasteiger partial charge on any atom is 0.340 e. The summed E-state index contributed by atoms with van der Waals surface area (Å²) in [4.78, 5) is 14.1. The molecule has 0 heterocycles. The van der Waals surface area contributed by atoms with Crippen molar-refractivity contribution in [3.05, 3.63) is 80.8 Å². The van der Waals surface area contributed by atoms with E-state index in [2.05, 4.69) is 14.8 Å². The average molecular weight is 344 g/mol. The van der Waals surface area contributed by atoms with Crippen molar-refractivity contribution in [2.75, 3.05) is 7.11 Å². The first-order chi connectivity index (χ1) is 11.6. The van der Waals surface area contributed by atoms with Crippen molar-refractivity contribution in [2.24, 2.45) is 5.11 Å². The summed E-state index contributed by atoms with van der Waals surface area (Å²) in [5.74, 6) is -0.155. The summed E-state index contributed by atoms with van der Waals surface area (Å²) in [5, 5.41) is 3.66. The van der Waals surface area contributed by atoms with Gasteiger partial charge in [0.05, 0.1) is 12.1 Å². The van der Waals surface area contributed by atoms with Gasteiger partial charge in [-0.3, -0.25) is 0 Å². The monoisotopic (exact) mass is 343 g/mol. The molecule has 2 aromatic rings. The number of ether oxygens (including phenoxy) is 2. The van der Waals surface area contributed by atoms with Crippen molar-refractivity contribution in [1.82, 2.24) is 0 Å². The van der Waals surface area contributed by atoms with Crippen molar-refractivity contribution >= 4 is 23.6 Å². The minimum absolute atomic E-state index is 0.181. The third-order valence-corrected chi connectivity index (χ3v) is 3.39. The highest BCUT2D eigenvalue weighted by atomic mass is 35.5. The lowest BCUT2D eigenvalue weighted by Crippen LogP contribution is -2.02. The second kappa shape index (κ2) is 8.62. The second-order valence-corrected chi connectivity index (χ2v) is 5.08. The fourth-order valence-electron chi connectivity index (χ4n) is 1.88. The Morgan fingerprint density at radius 3 is 2.67 bits per heavy atom. The van der Waals surface area contributed by atoms with Gasteiger partial charge in [0.25, 0.3) is 0 Å². The molecule has 2 rings (SSSR count). The molecule has 0 fully saturated rings. The van der Waals surface area contributed by atoms with Crippen molar-refractivity contribution in [1.29, 1.82) is 0 Å². The van der Waals surface area contributed by atoms with Crippen molar-refractivity contribution in [3.63, 3.8) is 0 Å². The molecule has 2 aromatic carbocycles. The van der Waals surface area contributed by atoms with Gasteiger partial charge in [-0.2, -0.15) is 0 Å². The van der Waals surface area contributed by atoms with Crippen LogP contribution < -0.4 is 4.74 Å². The van der Waals surface area contributed by atoms with E-state index in [1.807, 2.05) is 30.3 Å². The molecule has 0 atom stereocenters. The number of rotatable bonds is 6. The van der Waals surface area contributed by atoms with Crippen LogP contribution in [0, 0.1) is 0 Å². The molecule has 0 unspecified atom stereocenters. The molecule has 7 heteroatoms. The molecular weight excluding hydrogens is 330 g/mol. The summed E-state index contributed by atoms with van der Waals surface area (Å²) < 4.78 is 10.2. The number of methoxy groups -OCH3 is 1. The largest absolute Gasteiger partial charge is 0.489 e. The average Bonchev–Trinajstić information content (AvgIpc) is 2.61. The van der Waals surface area contributed by atoms with Crippen LogP contribution in [0.2, 0.25) is 5.02 Å². The molecule has 0 aromatic heterocycles. The minimum atomic E-state index is -0.742. The van der Waals surface area contributed by atoms with E-state index >= 15 is 0 Å². The lowest BCUT2D eigenvalue weighted by atomic mass is 10.2. The predicted octanol–water partition coefficient (Wildman–Crippen LogP) is 4.74. The van der Waals surface area contributed by atoms with Gasteiger partial charge in [-0.1, -0.05) is 47.0 Å². The zero-order chi connectivity index (χ0) is 17.4. The molecule has 0 amide bonds. The van der Waals surface area contributed by atoms with E-state index in [0.29, 0.717) is 22.9 Å². The molecule has 0 aliphatic heterocycles. The summed E-state index contributed by atoms with van der Waals surface area (Å²) in [6.07, 6.45) is 1.36. The Morgan fingerprint density at radius 2 is 2.04 bits per heavy atom. The Morgan fingerprint density at radius 1 is 1.29 bits per heavy atom. The Labute approximate surface area is 143 Å². The highest BCUT2D eigenvalue weighted by Gasteiger charge is 2.09. The fraction of sp³-hybridized carbons (Fsp3) is 0.118. The molecule has 0 N–H and O–H groups in total. The molecule has 122 valence electrons. The van der Waals surface area contributed by atoms with Gasteiger partial charge in [-0.05, 0) is 40.9 Å². The standard InChI is InChI=1S/C17H14ClN3O3/c1-23-17(22)16(20-21-19)9-13-7-8-14(10-15(13)18)24-11-12-5-3-2-4-6-12/h2-10H,11H2,1H3. The predicted molar refractivity (Wildman–Crippen MR) is 91.4 cm³/mol. The van der Waals surface area contributed by atoms with Gasteiger partial charge in [0.15, 0.2) is 0 Å². The number of hydrogen-bond donors (Lipinski definition) is 0. The van der Waals surface area contributed by atoms with Crippen molar-refractivity contribution < 1.29 is 14.3 Å². The molecular formula is C17H14ClN3O3. The van der Waals surface area contributed by atoms with Crippen LogP contribution >= 0.6 is 11.6 Å². The molecule has 24 heavy (non-hydrogen) atoms. The molecule has 0 spiro atoms. The smallest absolute Gasteiger partial charge is 0.340 e. The van der Waals surface area contributed by atoms with Crippen LogP contribution in [0.4, 0.5) is 0 Å². The van der Waals surface area contributed by atoms with Crippen molar-refractivity contribution in [2.45, 2.75) is 6.61 Å². The van der Waals surface area contributed by atoms with Gasteiger partial charge in [0, 0.05) is 4.91 Å². The molecule has 0 bridgehead atoms. The van der Waals surface area contributed by atoms with Gasteiger partial charge >= 0.3 is 5.97 Å². The van der Waals surface area contributed by atoms with Crippen LogP contribution in [0.15, 0.2) is 59.3 Å². The van der Waals surface area contributed by atoms with Gasteiger partial charge < -0.3 is 9.47 Å². The normalized spacial score (nSPS) is 10.7. The summed E-state index contributed by atoms with van der Waals surface area (Å²) in [7, 11) is 1.20. The molecule has 6 nitrogen and oxygen atoms in total. The molecule has 0 saturated heterocycles. The van der Waals surface area contributed by atoms with E-state index in [4.69, 9.17) is 21.9 Å². The maximum absolute atomic E-state index is 11.5. The quantitative estimate of drug-likeness (QED) is 0.249. The summed E-state index contributed by atoms with van der Waals surface area (Å²) in [5.41, 5.74) is 9.87. The van der Waals surface area contributed by atoms with Crippen LogP contribution in [0.5, 0.6) is 5.75 Å². The van der Waals surface area contributed by atoms with E-state index in [1.165, 1.54) is 13.2 Å². The Bertz CT molecular complexity index is 800.